The summed E-state index contributed by atoms with van der Waals surface area (Å²) >= 11 is 1.79. The van der Waals surface area contributed by atoms with Crippen molar-refractivity contribution in [3.05, 3.63) is 62.3 Å². The summed E-state index contributed by atoms with van der Waals surface area (Å²) in [6.07, 6.45) is 7.76. The number of hydrogen-bond donors (Lipinski definition) is 1. The molecule has 0 spiro atoms. The Kier molecular flexibility index (Phi) is 3.23. The summed E-state index contributed by atoms with van der Waals surface area (Å²) in [4.78, 5) is 12.5. The fourth-order valence-electron chi connectivity index (χ4n) is 3.45. The van der Waals surface area contributed by atoms with E-state index in [1.54, 1.807) is 11.3 Å². The lowest BCUT2D eigenvalue weighted by molar-refractivity contribution is -0.132. The van der Waals surface area contributed by atoms with E-state index < -0.39 is 5.97 Å². The van der Waals surface area contributed by atoms with Crippen LogP contribution in [0.2, 0.25) is 0 Å². The topological polar surface area (TPSA) is 37.3 Å². The number of carboxylic acid groups (broad SMARTS) is 1. The number of rotatable bonds is 2. The zero-order valence-electron chi connectivity index (χ0n) is 12.1. The third kappa shape index (κ3) is 2.22. The number of carbonyl (C=O) groups is 1. The van der Waals surface area contributed by atoms with Gasteiger partial charge in [0, 0.05) is 10.5 Å². The highest BCUT2D eigenvalue weighted by Gasteiger charge is 2.21. The van der Waals surface area contributed by atoms with Gasteiger partial charge in [0.2, 0.25) is 0 Å². The van der Waals surface area contributed by atoms with E-state index in [9.17, 15) is 4.79 Å². The minimum absolute atomic E-state index is 0.526. The van der Waals surface area contributed by atoms with Crippen LogP contribution in [0, 0.1) is 0 Å². The van der Waals surface area contributed by atoms with Crippen molar-refractivity contribution in [1.82, 2.24) is 0 Å². The molecule has 0 amide bonds. The number of carboxylic acids is 1. The maximum Gasteiger partial charge on any atom is 0.331 e. The van der Waals surface area contributed by atoms with Crippen LogP contribution >= 0.6 is 11.3 Å². The maximum atomic E-state index is 11.2. The van der Waals surface area contributed by atoms with Gasteiger partial charge in [-0.2, -0.15) is 0 Å². The molecule has 3 heteroatoms. The van der Waals surface area contributed by atoms with E-state index in [-0.39, 0.29) is 0 Å². The molecular formula is C19H16O2S. The van der Waals surface area contributed by atoms with Gasteiger partial charge in [0.25, 0.3) is 0 Å². The molecule has 2 aliphatic rings. The SMILES string of the molecule is O=C(O)C1=Cc2ccc3c(c2CC1)CCC(c1cccs1)=C3. The van der Waals surface area contributed by atoms with Gasteiger partial charge in [-0.05, 0) is 71.0 Å². The van der Waals surface area contributed by atoms with E-state index >= 15 is 0 Å². The standard InChI is InChI=1S/C19H16O2S/c20-19(21)15-6-8-17-13(11-15)4-3-12-10-14(5-7-16(12)17)18-2-1-9-22-18/h1-4,9-11H,5-8H2,(H,20,21). The van der Waals surface area contributed by atoms with E-state index in [1.807, 2.05) is 6.08 Å². The van der Waals surface area contributed by atoms with Gasteiger partial charge in [-0.15, -0.1) is 11.3 Å². The smallest absolute Gasteiger partial charge is 0.331 e. The van der Waals surface area contributed by atoms with Crippen LogP contribution in [-0.4, -0.2) is 11.1 Å². The normalized spacial score (nSPS) is 16.4. The van der Waals surface area contributed by atoms with Gasteiger partial charge in [-0.25, -0.2) is 4.79 Å². The number of hydrogen-bond acceptors (Lipinski definition) is 2. The average molecular weight is 308 g/mol. The number of aliphatic carboxylic acids is 1. The van der Waals surface area contributed by atoms with Crippen LogP contribution < -0.4 is 0 Å². The second-order valence-corrected chi connectivity index (χ2v) is 6.77. The molecule has 1 heterocycles. The molecule has 1 aromatic heterocycles. The van der Waals surface area contributed by atoms with Gasteiger partial charge in [0.1, 0.15) is 0 Å². The van der Waals surface area contributed by atoms with Crippen molar-refractivity contribution in [2.24, 2.45) is 0 Å². The molecule has 0 atom stereocenters. The van der Waals surface area contributed by atoms with Gasteiger partial charge in [-0.3, -0.25) is 0 Å². The summed E-state index contributed by atoms with van der Waals surface area (Å²) in [5.74, 6) is -0.789. The van der Waals surface area contributed by atoms with Crippen LogP contribution in [0.15, 0.2) is 35.2 Å². The molecule has 1 N–H and O–H groups in total. The van der Waals surface area contributed by atoms with Crippen molar-refractivity contribution >= 4 is 35.0 Å². The maximum absolute atomic E-state index is 11.2. The molecule has 0 saturated heterocycles. The van der Waals surface area contributed by atoms with Crippen molar-refractivity contribution in [3.8, 4) is 0 Å². The first-order valence-corrected chi connectivity index (χ1v) is 8.43. The molecule has 0 radical (unpaired) electrons. The van der Waals surface area contributed by atoms with Gasteiger partial charge >= 0.3 is 5.97 Å². The van der Waals surface area contributed by atoms with Gasteiger partial charge in [0.15, 0.2) is 0 Å². The Hall–Kier alpha value is -2.13. The summed E-state index contributed by atoms with van der Waals surface area (Å²) < 4.78 is 0. The van der Waals surface area contributed by atoms with Gasteiger partial charge < -0.3 is 5.11 Å². The third-order valence-electron chi connectivity index (χ3n) is 4.56. The molecule has 1 aromatic carbocycles. The molecule has 0 saturated carbocycles. The van der Waals surface area contributed by atoms with Crippen LogP contribution in [0.5, 0.6) is 0 Å². The molecule has 2 nitrogen and oxygen atoms in total. The summed E-state index contributed by atoms with van der Waals surface area (Å²) in [5.41, 5.74) is 7.11. The van der Waals surface area contributed by atoms with Crippen molar-refractivity contribution in [1.29, 1.82) is 0 Å². The Morgan fingerprint density at radius 3 is 2.36 bits per heavy atom. The van der Waals surface area contributed by atoms with E-state index in [2.05, 4.69) is 35.7 Å². The minimum Gasteiger partial charge on any atom is -0.478 e. The van der Waals surface area contributed by atoms with E-state index in [0.717, 1.165) is 24.8 Å². The Morgan fingerprint density at radius 2 is 1.68 bits per heavy atom. The third-order valence-corrected chi connectivity index (χ3v) is 5.51. The summed E-state index contributed by atoms with van der Waals surface area (Å²) in [6.45, 7) is 0. The lowest BCUT2D eigenvalue weighted by Crippen LogP contribution is -2.11. The molecule has 0 unspecified atom stereocenters. The Balaban J connectivity index is 1.77. The summed E-state index contributed by atoms with van der Waals surface area (Å²) in [6, 6.07) is 8.50. The first-order chi connectivity index (χ1) is 10.7. The predicted molar refractivity (Wildman–Crippen MR) is 90.9 cm³/mol. The van der Waals surface area contributed by atoms with Crippen LogP contribution in [0.1, 0.15) is 40.0 Å². The molecule has 0 fully saturated rings. The highest BCUT2D eigenvalue weighted by molar-refractivity contribution is 7.11. The molecule has 0 aliphatic heterocycles. The molecule has 2 aromatic rings. The number of fused-ring (bicyclic) bond motifs is 3. The van der Waals surface area contributed by atoms with Gasteiger partial charge in [-0.1, -0.05) is 24.3 Å². The predicted octanol–water partition coefficient (Wildman–Crippen LogP) is 4.65. The highest BCUT2D eigenvalue weighted by atomic mass is 32.1. The van der Waals surface area contributed by atoms with Crippen molar-refractivity contribution in [3.63, 3.8) is 0 Å². The molecular weight excluding hydrogens is 292 g/mol. The van der Waals surface area contributed by atoms with E-state index in [1.165, 1.54) is 27.1 Å². The summed E-state index contributed by atoms with van der Waals surface area (Å²) in [5, 5.41) is 11.3. The monoisotopic (exact) mass is 308 g/mol. The Bertz CT molecular complexity index is 810. The quantitative estimate of drug-likeness (QED) is 0.877. The fraction of sp³-hybridized carbons (Fsp3) is 0.211. The highest BCUT2D eigenvalue weighted by Crippen LogP contribution is 2.37. The van der Waals surface area contributed by atoms with Crippen molar-refractivity contribution in [2.45, 2.75) is 25.7 Å². The second kappa shape index (κ2) is 5.25. The first kappa shape index (κ1) is 13.5. The molecule has 110 valence electrons. The first-order valence-electron chi connectivity index (χ1n) is 7.55. The Morgan fingerprint density at radius 1 is 0.955 bits per heavy atom. The van der Waals surface area contributed by atoms with Crippen molar-refractivity contribution < 1.29 is 9.90 Å². The molecule has 2 aliphatic carbocycles. The second-order valence-electron chi connectivity index (χ2n) is 5.82. The lowest BCUT2D eigenvalue weighted by atomic mass is 9.81. The largest absolute Gasteiger partial charge is 0.478 e. The zero-order chi connectivity index (χ0) is 15.1. The molecule has 4 rings (SSSR count). The number of benzene rings is 1. The van der Waals surface area contributed by atoms with Gasteiger partial charge in [0.05, 0.1) is 0 Å². The average Bonchev–Trinajstić information content (AvgIpc) is 3.08. The molecule has 22 heavy (non-hydrogen) atoms. The summed E-state index contributed by atoms with van der Waals surface area (Å²) in [7, 11) is 0. The minimum atomic E-state index is -0.789. The van der Waals surface area contributed by atoms with Crippen molar-refractivity contribution in [2.75, 3.05) is 0 Å². The fourth-order valence-corrected chi connectivity index (χ4v) is 4.23. The van der Waals surface area contributed by atoms with Crippen LogP contribution in [0.4, 0.5) is 0 Å². The van der Waals surface area contributed by atoms with Crippen LogP contribution in [-0.2, 0) is 17.6 Å². The lowest BCUT2D eigenvalue weighted by Gasteiger charge is -2.23. The molecule has 0 bridgehead atoms. The van der Waals surface area contributed by atoms with E-state index in [4.69, 9.17) is 5.11 Å². The van der Waals surface area contributed by atoms with E-state index in [0.29, 0.717) is 12.0 Å². The zero-order valence-corrected chi connectivity index (χ0v) is 13.0. The van der Waals surface area contributed by atoms with Crippen LogP contribution in [0.25, 0.3) is 17.7 Å². The Labute approximate surface area is 133 Å². The number of thiophene rings is 1. The van der Waals surface area contributed by atoms with Crippen LogP contribution in [0.3, 0.4) is 0 Å². The number of allylic oxidation sites excluding steroid dienone is 1.